The summed E-state index contributed by atoms with van der Waals surface area (Å²) in [5.41, 5.74) is 1.17. The molecule has 6 rings (SSSR count). The third-order valence-electron chi connectivity index (χ3n) is 7.67. The Kier molecular flexibility index (Phi) is 13.0. The molecule has 0 amide bonds. The van der Waals surface area contributed by atoms with Crippen molar-refractivity contribution in [3.8, 4) is 0 Å². The smallest absolute Gasteiger partial charge is 0.0475 e. The van der Waals surface area contributed by atoms with Gasteiger partial charge in [-0.15, -0.1) is 11.8 Å². The molecular weight excluding hydrogens is 810 g/mol. The molecule has 269 valence electrons. The fraction of sp³-hybridized carbons (Fsp3) is 0.100. The predicted molar refractivity (Wildman–Crippen MR) is 212 cm³/mol. The first-order valence-corrected chi connectivity index (χ1v) is 24.2. The molecule has 5 nitrogen and oxygen atoms in total. The van der Waals surface area contributed by atoms with Gasteiger partial charge < -0.3 is 0 Å². The summed E-state index contributed by atoms with van der Waals surface area (Å²) >= 11 is 5.91. The van der Waals surface area contributed by atoms with Crippen LogP contribution in [0.1, 0.15) is 5.56 Å². The maximum absolute atomic E-state index is 13.4. The van der Waals surface area contributed by atoms with Gasteiger partial charge in [-0.3, -0.25) is 0 Å². The Balaban J connectivity index is 1.09. The zero-order valence-corrected chi connectivity index (χ0v) is 34.4. The summed E-state index contributed by atoms with van der Waals surface area (Å²) in [5, 5.41) is 0. The van der Waals surface area contributed by atoms with Crippen LogP contribution >= 0.6 is 45.5 Å². The van der Waals surface area contributed by atoms with Crippen molar-refractivity contribution in [3.05, 3.63) is 151 Å². The average Bonchev–Trinajstić information content (AvgIpc) is 3.15. The SMILES string of the molecule is CSc1ccc(Sc2ccc(S(=O)(=O)c3cc[c]([Co][S]c4ccc(Sc5ccc(S(=O)(=O)c6ccccc6)cc5)cc4CN(C)C)cc3)cc2)cc1. The van der Waals surface area contributed by atoms with E-state index in [2.05, 4.69) is 47.4 Å². The quantitative estimate of drug-likeness (QED) is 0.0998. The molecule has 0 aliphatic rings. The summed E-state index contributed by atoms with van der Waals surface area (Å²) in [6, 6.07) is 44.3. The second-order valence-electron chi connectivity index (χ2n) is 11.7. The second kappa shape index (κ2) is 17.5. The van der Waals surface area contributed by atoms with Gasteiger partial charge in [0.2, 0.25) is 0 Å². The van der Waals surface area contributed by atoms with Gasteiger partial charge in [0.25, 0.3) is 0 Å². The number of hydrogen-bond acceptors (Lipinski definition) is 9. The second-order valence-corrected chi connectivity index (χ2v) is 21.4. The molecule has 0 aromatic heterocycles. The van der Waals surface area contributed by atoms with Crippen LogP contribution in [0.25, 0.3) is 0 Å². The summed E-state index contributed by atoms with van der Waals surface area (Å²) in [6.07, 6.45) is 2.05. The van der Waals surface area contributed by atoms with E-state index in [9.17, 15) is 16.8 Å². The van der Waals surface area contributed by atoms with Crippen LogP contribution in [0.4, 0.5) is 0 Å². The minimum Gasteiger partial charge on any atom is -0.0475 e. The summed E-state index contributed by atoms with van der Waals surface area (Å²) in [5.74, 6) is 0. The van der Waals surface area contributed by atoms with Crippen molar-refractivity contribution >= 4 is 69.7 Å². The molecule has 0 saturated carbocycles. The Bertz CT molecular complexity index is 2340. The topological polar surface area (TPSA) is 71.5 Å². The van der Waals surface area contributed by atoms with E-state index in [1.807, 2.05) is 56.7 Å². The van der Waals surface area contributed by atoms with E-state index in [0.29, 0.717) is 0 Å². The summed E-state index contributed by atoms with van der Waals surface area (Å²) < 4.78 is 53.9. The summed E-state index contributed by atoms with van der Waals surface area (Å²) in [6.45, 7) is 0.749. The standard InChI is InChI=1S/C21H21NO2S3.C19H15O2S3.Co/c1-22(2)15-16-14-18(10-13-21(16)25)26-17-8-11-20(12-9-17)27(23,24)19-6-4-3-5-7-19;1-22-15-7-9-16(10-8-15)23-17-11-13-19(14-12-17)24(20,21)18-5-3-2-4-6-18;/h3-14,25H,15H2,1-2H3;3-14H,1H3;/q;;+1/p-1. The number of nitrogens with zero attached hydrogens (tertiary/aromatic N) is 1. The average molecular weight is 845 g/mol. The molecule has 0 saturated heterocycles. The normalized spacial score (nSPS) is 12.0. The van der Waals surface area contributed by atoms with Gasteiger partial charge in [-0.25, -0.2) is 0 Å². The maximum atomic E-state index is 13.4. The van der Waals surface area contributed by atoms with Crippen molar-refractivity contribution in [2.24, 2.45) is 0 Å². The van der Waals surface area contributed by atoms with Gasteiger partial charge in [-0.2, -0.15) is 0 Å². The molecular formula is C40H35CoNO4S6. The van der Waals surface area contributed by atoms with E-state index in [-0.39, 0.29) is 19.6 Å². The van der Waals surface area contributed by atoms with Gasteiger partial charge in [0, 0.05) is 4.90 Å². The van der Waals surface area contributed by atoms with E-state index < -0.39 is 19.7 Å². The zero-order valence-electron chi connectivity index (χ0n) is 28.4. The number of sulfone groups is 2. The molecule has 6 aromatic rings. The molecule has 0 aliphatic heterocycles. The minimum atomic E-state index is -3.65. The predicted octanol–water partition coefficient (Wildman–Crippen LogP) is 9.85. The Morgan fingerprint density at radius 2 is 0.942 bits per heavy atom. The van der Waals surface area contributed by atoms with Crippen LogP contribution in [0.5, 0.6) is 0 Å². The summed E-state index contributed by atoms with van der Waals surface area (Å²) in [7, 11) is -1.47. The number of benzene rings is 6. The van der Waals surface area contributed by atoms with Gasteiger partial charge in [0.05, 0.1) is 0 Å². The van der Waals surface area contributed by atoms with E-state index >= 15 is 0 Å². The van der Waals surface area contributed by atoms with Crippen molar-refractivity contribution in [1.29, 1.82) is 0 Å². The Labute approximate surface area is 329 Å². The van der Waals surface area contributed by atoms with Crippen molar-refractivity contribution in [2.75, 3.05) is 20.4 Å². The van der Waals surface area contributed by atoms with Crippen molar-refractivity contribution < 1.29 is 30.4 Å². The summed E-state index contributed by atoms with van der Waals surface area (Å²) in [4.78, 5) is 9.64. The molecule has 0 aliphatic carbocycles. The van der Waals surface area contributed by atoms with Gasteiger partial charge in [0.15, 0.2) is 0 Å². The zero-order chi connectivity index (χ0) is 36.7. The number of rotatable bonds is 14. The van der Waals surface area contributed by atoms with Crippen LogP contribution < -0.4 is 4.50 Å². The molecule has 52 heavy (non-hydrogen) atoms. The van der Waals surface area contributed by atoms with Gasteiger partial charge in [-0.05, 0) is 30.5 Å². The van der Waals surface area contributed by atoms with E-state index in [4.69, 9.17) is 0 Å². The van der Waals surface area contributed by atoms with Crippen LogP contribution in [-0.2, 0) is 39.8 Å². The molecule has 0 N–H and O–H groups in total. The van der Waals surface area contributed by atoms with Crippen molar-refractivity contribution in [2.45, 2.75) is 55.5 Å². The fourth-order valence-corrected chi connectivity index (χ4v) is 12.2. The first-order valence-electron chi connectivity index (χ1n) is 15.9. The Morgan fingerprint density at radius 3 is 1.44 bits per heavy atom. The van der Waals surface area contributed by atoms with E-state index in [1.165, 1.54) is 10.5 Å². The van der Waals surface area contributed by atoms with Gasteiger partial charge in [-0.1, -0.05) is 18.2 Å². The van der Waals surface area contributed by atoms with Gasteiger partial charge >= 0.3 is 267 Å². The van der Waals surface area contributed by atoms with E-state index in [0.717, 1.165) is 49.1 Å². The molecule has 0 radical (unpaired) electrons. The number of hydrogen-bond donors (Lipinski definition) is 0. The fourth-order valence-electron chi connectivity index (χ4n) is 5.04. The van der Waals surface area contributed by atoms with Gasteiger partial charge in [0.1, 0.15) is 0 Å². The molecule has 0 bridgehead atoms. The van der Waals surface area contributed by atoms with Crippen LogP contribution in [0.15, 0.2) is 195 Å². The van der Waals surface area contributed by atoms with E-state index in [1.54, 1.807) is 112 Å². The molecule has 0 atom stereocenters. The van der Waals surface area contributed by atoms with Crippen molar-refractivity contribution in [1.82, 2.24) is 4.90 Å². The first-order chi connectivity index (χ1) is 25.0. The molecule has 6 aromatic carbocycles. The molecule has 12 heteroatoms. The third-order valence-corrected chi connectivity index (χ3v) is 16.9. The molecule has 0 spiro atoms. The first kappa shape index (κ1) is 38.8. The van der Waals surface area contributed by atoms with Crippen LogP contribution in [0.2, 0.25) is 0 Å². The number of thioether (sulfide) groups is 1. The third kappa shape index (κ3) is 9.79. The van der Waals surface area contributed by atoms with Crippen LogP contribution in [-0.4, -0.2) is 42.1 Å². The minimum absolute atomic E-state index is 0.268. The molecule has 0 heterocycles. The Morgan fingerprint density at radius 1 is 0.519 bits per heavy atom. The van der Waals surface area contributed by atoms with Crippen LogP contribution in [0.3, 0.4) is 0 Å². The monoisotopic (exact) mass is 844 g/mol. The molecule has 0 unspecified atom stereocenters. The van der Waals surface area contributed by atoms with Crippen molar-refractivity contribution in [3.63, 3.8) is 0 Å². The van der Waals surface area contributed by atoms with Crippen LogP contribution in [0, 0.1) is 0 Å². The Hall–Kier alpha value is -2.91. The molecule has 0 fully saturated rings.